The number of pyridine rings is 1. The van der Waals surface area contributed by atoms with Gasteiger partial charge in [0, 0.05) is 24.5 Å². The highest BCUT2D eigenvalue weighted by Gasteiger charge is 2.46. The Labute approximate surface area is 205 Å². The number of methoxy groups -OCH3 is 1. The van der Waals surface area contributed by atoms with E-state index in [4.69, 9.17) is 4.74 Å². The number of rotatable bonds is 5. The van der Waals surface area contributed by atoms with Gasteiger partial charge in [-0.1, -0.05) is 23.8 Å². The Morgan fingerprint density at radius 2 is 1.94 bits per heavy atom. The Kier molecular flexibility index (Phi) is 6.43. The fourth-order valence-corrected chi connectivity index (χ4v) is 4.58. The molecule has 1 aliphatic rings. The first-order chi connectivity index (χ1) is 16.2. The minimum Gasteiger partial charge on any atom is -0.507 e. The van der Waals surface area contributed by atoms with Crippen molar-refractivity contribution in [2.75, 3.05) is 7.11 Å². The van der Waals surface area contributed by atoms with Crippen molar-refractivity contribution in [2.45, 2.75) is 26.4 Å². The molecule has 2 heterocycles. The number of aromatic hydroxyl groups is 1. The normalized spacial score (nSPS) is 17.3. The first-order valence-electron chi connectivity index (χ1n) is 10.5. The fraction of sp³-hybridized carbons (Fsp3) is 0.192. The van der Waals surface area contributed by atoms with E-state index in [9.17, 15) is 19.8 Å². The summed E-state index contributed by atoms with van der Waals surface area (Å²) in [5.74, 6) is -1.70. The maximum absolute atomic E-state index is 13.3. The fourth-order valence-electron chi connectivity index (χ4n) is 4.12. The van der Waals surface area contributed by atoms with Gasteiger partial charge >= 0.3 is 0 Å². The van der Waals surface area contributed by atoms with Gasteiger partial charge in [0.2, 0.25) is 0 Å². The molecule has 1 saturated heterocycles. The second kappa shape index (κ2) is 9.30. The molecule has 0 spiro atoms. The molecule has 1 aromatic heterocycles. The highest BCUT2D eigenvalue weighted by atomic mass is 79.9. The molecule has 1 amide bonds. The maximum atomic E-state index is 13.3. The van der Waals surface area contributed by atoms with E-state index in [1.165, 1.54) is 12.0 Å². The summed E-state index contributed by atoms with van der Waals surface area (Å²) in [7, 11) is 1.41. The summed E-state index contributed by atoms with van der Waals surface area (Å²) < 4.78 is 5.63. The van der Waals surface area contributed by atoms with Crippen LogP contribution in [0.3, 0.4) is 0 Å². The van der Waals surface area contributed by atoms with Crippen molar-refractivity contribution in [2.24, 2.45) is 0 Å². The Bertz CT molecular complexity index is 1320. The SMILES string of the molecule is COc1cc(C2/C(=C(\O)c3cc(C)ccc3C)C(=O)C(=O)N2Cc2cccnc2)cc(Br)c1O. The summed E-state index contributed by atoms with van der Waals surface area (Å²) in [6, 6.07) is 11.4. The Morgan fingerprint density at radius 1 is 1.18 bits per heavy atom. The Hall–Kier alpha value is -3.65. The molecule has 4 rings (SSSR count). The highest BCUT2D eigenvalue weighted by Crippen LogP contribution is 2.45. The van der Waals surface area contributed by atoms with E-state index in [-0.39, 0.29) is 29.4 Å². The molecule has 8 heteroatoms. The van der Waals surface area contributed by atoms with Gasteiger partial charge in [0.25, 0.3) is 11.7 Å². The van der Waals surface area contributed by atoms with Crippen molar-refractivity contribution < 1.29 is 24.5 Å². The number of aromatic nitrogens is 1. The lowest BCUT2D eigenvalue weighted by atomic mass is 9.93. The number of benzene rings is 2. The van der Waals surface area contributed by atoms with Gasteiger partial charge in [-0.15, -0.1) is 0 Å². The van der Waals surface area contributed by atoms with Crippen LogP contribution in [-0.4, -0.2) is 38.9 Å². The molecule has 2 aromatic carbocycles. The summed E-state index contributed by atoms with van der Waals surface area (Å²) in [4.78, 5) is 32.0. The van der Waals surface area contributed by atoms with Gasteiger partial charge in [-0.25, -0.2) is 0 Å². The number of aliphatic hydroxyl groups is 1. The second-order valence-corrected chi connectivity index (χ2v) is 9.01. The maximum Gasteiger partial charge on any atom is 0.295 e. The van der Waals surface area contributed by atoms with Gasteiger partial charge in [-0.05, 0) is 70.7 Å². The van der Waals surface area contributed by atoms with E-state index >= 15 is 0 Å². The van der Waals surface area contributed by atoms with E-state index in [0.29, 0.717) is 15.6 Å². The molecular weight excluding hydrogens is 500 g/mol. The number of nitrogens with zero attached hydrogens (tertiary/aromatic N) is 2. The third kappa shape index (κ3) is 4.17. The number of aliphatic hydroxyl groups excluding tert-OH is 1. The number of ketones is 1. The van der Waals surface area contributed by atoms with Crippen molar-refractivity contribution in [3.8, 4) is 11.5 Å². The zero-order chi connectivity index (χ0) is 24.6. The molecule has 1 unspecified atom stereocenters. The molecule has 0 saturated carbocycles. The van der Waals surface area contributed by atoms with Crippen molar-refractivity contribution in [3.63, 3.8) is 0 Å². The van der Waals surface area contributed by atoms with Crippen LogP contribution < -0.4 is 4.74 Å². The summed E-state index contributed by atoms with van der Waals surface area (Å²) in [5, 5.41) is 21.7. The molecule has 3 aromatic rings. The van der Waals surface area contributed by atoms with Crippen molar-refractivity contribution in [3.05, 3.63) is 92.7 Å². The molecule has 0 bridgehead atoms. The lowest BCUT2D eigenvalue weighted by Crippen LogP contribution is -2.29. The first kappa shape index (κ1) is 23.5. The minimum absolute atomic E-state index is 0.0257. The molecule has 0 aliphatic carbocycles. The van der Waals surface area contributed by atoms with Gasteiger partial charge < -0.3 is 19.8 Å². The third-order valence-corrected chi connectivity index (χ3v) is 6.45. The van der Waals surface area contributed by atoms with Crippen LogP contribution in [0, 0.1) is 13.8 Å². The number of hydrogen-bond acceptors (Lipinski definition) is 6. The molecule has 1 fully saturated rings. The number of phenols is 1. The van der Waals surface area contributed by atoms with Gasteiger partial charge in [0.15, 0.2) is 11.5 Å². The Balaban J connectivity index is 1.96. The third-order valence-electron chi connectivity index (χ3n) is 5.85. The monoisotopic (exact) mass is 522 g/mol. The number of amides is 1. The number of ether oxygens (including phenoxy) is 1. The molecule has 34 heavy (non-hydrogen) atoms. The van der Waals surface area contributed by atoms with Crippen molar-refractivity contribution >= 4 is 33.4 Å². The molecule has 7 nitrogen and oxygen atoms in total. The standard InChI is InChI=1S/C26H23BrN2O5/c1-14-6-7-15(2)18(9-14)23(30)21-22(17-10-19(27)24(31)20(11-17)34-3)29(26(33)25(21)32)13-16-5-4-8-28-12-16/h4-12,22,30-31H,13H2,1-3H3/b23-21+. The second-order valence-electron chi connectivity index (χ2n) is 8.16. The molecule has 2 N–H and O–H groups in total. The number of carbonyl (C=O) groups excluding carboxylic acids is 2. The van der Waals surface area contributed by atoms with E-state index < -0.39 is 17.7 Å². The van der Waals surface area contributed by atoms with Gasteiger partial charge in [0.1, 0.15) is 5.76 Å². The average molecular weight is 523 g/mol. The van der Waals surface area contributed by atoms with E-state index in [0.717, 1.165) is 16.7 Å². The number of likely N-dealkylation sites (tertiary alicyclic amines) is 1. The van der Waals surface area contributed by atoms with Gasteiger partial charge in [-0.3, -0.25) is 14.6 Å². The zero-order valence-corrected chi connectivity index (χ0v) is 20.5. The largest absolute Gasteiger partial charge is 0.507 e. The molecular formula is C26H23BrN2O5. The summed E-state index contributed by atoms with van der Waals surface area (Å²) >= 11 is 3.32. The molecule has 1 atom stereocenters. The van der Waals surface area contributed by atoms with Crippen LogP contribution in [0.25, 0.3) is 5.76 Å². The smallest absolute Gasteiger partial charge is 0.295 e. The van der Waals surface area contributed by atoms with Gasteiger partial charge in [0.05, 0.1) is 23.2 Å². The van der Waals surface area contributed by atoms with Crippen LogP contribution >= 0.6 is 15.9 Å². The number of aryl methyl sites for hydroxylation is 2. The van der Waals surface area contributed by atoms with E-state index in [1.807, 2.05) is 26.0 Å². The Morgan fingerprint density at radius 3 is 2.62 bits per heavy atom. The number of phenolic OH excluding ortho intramolecular Hbond substituents is 1. The lowest BCUT2D eigenvalue weighted by Gasteiger charge is -2.26. The van der Waals surface area contributed by atoms with Crippen LogP contribution in [0.4, 0.5) is 0 Å². The first-order valence-corrected chi connectivity index (χ1v) is 11.3. The van der Waals surface area contributed by atoms with Gasteiger partial charge in [-0.2, -0.15) is 0 Å². The quantitative estimate of drug-likeness (QED) is 0.283. The molecule has 0 radical (unpaired) electrons. The number of halogens is 1. The van der Waals surface area contributed by atoms with Crippen molar-refractivity contribution in [1.29, 1.82) is 0 Å². The van der Waals surface area contributed by atoms with Crippen LogP contribution in [0.5, 0.6) is 11.5 Å². The van der Waals surface area contributed by atoms with Crippen LogP contribution in [0.2, 0.25) is 0 Å². The zero-order valence-electron chi connectivity index (χ0n) is 18.9. The minimum atomic E-state index is -0.911. The molecule has 174 valence electrons. The number of hydrogen-bond donors (Lipinski definition) is 2. The number of carbonyl (C=O) groups is 2. The van der Waals surface area contributed by atoms with E-state index in [2.05, 4.69) is 20.9 Å². The van der Waals surface area contributed by atoms with E-state index in [1.54, 1.807) is 42.7 Å². The van der Waals surface area contributed by atoms with Crippen molar-refractivity contribution in [1.82, 2.24) is 9.88 Å². The highest BCUT2D eigenvalue weighted by molar-refractivity contribution is 9.10. The number of Topliss-reactive ketones (excluding diaryl/α,β-unsaturated/α-hetero) is 1. The summed E-state index contributed by atoms with van der Waals surface area (Å²) in [6.07, 6.45) is 3.24. The predicted octanol–water partition coefficient (Wildman–Crippen LogP) is 4.80. The predicted molar refractivity (Wildman–Crippen MR) is 130 cm³/mol. The molecule has 1 aliphatic heterocycles. The van der Waals surface area contributed by atoms with Crippen LogP contribution in [0.15, 0.2) is 64.9 Å². The summed E-state index contributed by atoms with van der Waals surface area (Å²) in [6.45, 7) is 3.82. The topological polar surface area (TPSA) is 100.0 Å². The van der Waals surface area contributed by atoms with Crippen LogP contribution in [0.1, 0.15) is 33.9 Å². The summed E-state index contributed by atoms with van der Waals surface area (Å²) in [5.41, 5.74) is 3.35. The average Bonchev–Trinajstić information content (AvgIpc) is 3.07. The van der Waals surface area contributed by atoms with Crippen LogP contribution in [-0.2, 0) is 16.1 Å². The lowest BCUT2D eigenvalue weighted by molar-refractivity contribution is -0.140.